The van der Waals surface area contributed by atoms with Crippen molar-refractivity contribution in [2.75, 3.05) is 5.33 Å². The second-order valence-electron chi connectivity index (χ2n) is 2.25. The number of unbranched alkanes of at least 4 members (excludes halogenated alkanes) is 1. The zero-order valence-electron chi connectivity index (χ0n) is 5.98. The molecular formula is C5H12BrO4P. The quantitative estimate of drug-likeness (QED) is 0.385. The number of halogens is 1. The Morgan fingerprint density at radius 1 is 1.36 bits per heavy atom. The number of aliphatic hydroxyl groups is 1. The van der Waals surface area contributed by atoms with Crippen LogP contribution >= 0.6 is 23.5 Å². The molecule has 68 valence electrons. The first kappa shape index (κ1) is 11.6. The van der Waals surface area contributed by atoms with Crippen LogP contribution in [0.15, 0.2) is 0 Å². The van der Waals surface area contributed by atoms with E-state index in [1.165, 1.54) is 0 Å². The smallest absolute Gasteiger partial charge is 0.353 e. The summed E-state index contributed by atoms with van der Waals surface area (Å²) in [6.45, 7) is 0. The Bertz CT molecular complexity index is 145. The van der Waals surface area contributed by atoms with E-state index in [0.29, 0.717) is 6.42 Å². The van der Waals surface area contributed by atoms with Crippen molar-refractivity contribution in [3.63, 3.8) is 0 Å². The minimum Gasteiger partial charge on any atom is -0.380 e. The normalized spacial score (nSPS) is 14.9. The SMILES string of the molecule is O=P(O)(O)C(O)CCCCBr. The maximum absolute atomic E-state index is 10.4. The lowest BCUT2D eigenvalue weighted by Crippen LogP contribution is -2.06. The van der Waals surface area contributed by atoms with Crippen LogP contribution in [0.4, 0.5) is 0 Å². The summed E-state index contributed by atoms with van der Waals surface area (Å²) in [5, 5.41) is 9.63. The van der Waals surface area contributed by atoms with Gasteiger partial charge in [-0.15, -0.1) is 0 Å². The first-order valence-electron chi connectivity index (χ1n) is 3.27. The molecule has 0 fully saturated rings. The molecule has 0 saturated heterocycles. The second kappa shape index (κ2) is 5.27. The summed E-state index contributed by atoms with van der Waals surface area (Å²) < 4.78 is 10.4. The molecule has 0 amide bonds. The molecule has 0 saturated carbocycles. The van der Waals surface area contributed by atoms with Gasteiger partial charge in [0.1, 0.15) is 0 Å². The highest BCUT2D eigenvalue weighted by molar-refractivity contribution is 9.09. The van der Waals surface area contributed by atoms with Crippen LogP contribution < -0.4 is 0 Å². The van der Waals surface area contributed by atoms with Gasteiger partial charge >= 0.3 is 7.60 Å². The Morgan fingerprint density at radius 3 is 2.27 bits per heavy atom. The van der Waals surface area contributed by atoms with Gasteiger partial charge in [-0.3, -0.25) is 4.57 Å². The molecule has 0 aliphatic rings. The van der Waals surface area contributed by atoms with E-state index >= 15 is 0 Å². The first-order chi connectivity index (χ1) is 4.98. The molecule has 0 rings (SSSR count). The Hall–Kier alpha value is 0.590. The molecule has 11 heavy (non-hydrogen) atoms. The van der Waals surface area contributed by atoms with Crippen molar-refractivity contribution in [1.82, 2.24) is 0 Å². The molecule has 1 atom stereocenters. The largest absolute Gasteiger partial charge is 0.380 e. The number of hydrogen-bond donors (Lipinski definition) is 3. The summed E-state index contributed by atoms with van der Waals surface area (Å²) in [6, 6.07) is 0. The van der Waals surface area contributed by atoms with E-state index in [1.54, 1.807) is 0 Å². The number of rotatable bonds is 5. The van der Waals surface area contributed by atoms with Gasteiger partial charge in [0.05, 0.1) is 0 Å². The van der Waals surface area contributed by atoms with E-state index in [2.05, 4.69) is 15.9 Å². The fraction of sp³-hybridized carbons (Fsp3) is 1.00. The molecule has 0 radical (unpaired) electrons. The standard InChI is InChI=1S/C5H12BrO4P/c6-4-2-1-3-5(7)11(8,9)10/h5,7H,1-4H2,(H2,8,9,10). The van der Waals surface area contributed by atoms with Crippen molar-refractivity contribution in [2.45, 2.75) is 25.1 Å². The molecule has 0 aromatic rings. The van der Waals surface area contributed by atoms with Crippen LogP contribution in [-0.4, -0.2) is 26.1 Å². The zero-order valence-corrected chi connectivity index (χ0v) is 8.46. The predicted molar refractivity (Wildman–Crippen MR) is 45.7 cm³/mol. The topological polar surface area (TPSA) is 77.8 Å². The van der Waals surface area contributed by atoms with Crippen LogP contribution in [0.5, 0.6) is 0 Å². The Morgan fingerprint density at radius 2 is 1.91 bits per heavy atom. The number of aliphatic hydroxyl groups excluding tert-OH is 1. The van der Waals surface area contributed by atoms with Gasteiger partial charge in [0.25, 0.3) is 0 Å². The molecule has 1 unspecified atom stereocenters. The molecule has 0 spiro atoms. The Kier molecular flexibility index (Phi) is 5.56. The van der Waals surface area contributed by atoms with Gasteiger partial charge in [0, 0.05) is 5.33 Å². The van der Waals surface area contributed by atoms with E-state index in [-0.39, 0.29) is 6.42 Å². The monoisotopic (exact) mass is 246 g/mol. The molecular weight excluding hydrogens is 235 g/mol. The fourth-order valence-electron chi connectivity index (χ4n) is 0.590. The van der Waals surface area contributed by atoms with Crippen LogP contribution in [0.25, 0.3) is 0 Å². The predicted octanol–water partition coefficient (Wildman–Crippen LogP) is 1.05. The Labute approximate surface area is 73.9 Å². The molecule has 0 bridgehead atoms. The van der Waals surface area contributed by atoms with E-state index in [1.807, 2.05) is 0 Å². The average molecular weight is 247 g/mol. The lowest BCUT2D eigenvalue weighted by Gasteiger charge is -2.10. The highest BCUT2D eigenvalue weighted by Gasteiger charge is 2.24. The molecule has 0 aliphatic carbocycles. The molecule has 6 heteroatoms. The first-order valence-corrected chi connectivity index (χ1v) is 6.08. The highest BCUT2D eigenvalue weighted by Crippen LogP contribution is 2.41. The average Bonchev–Trinajstić information content (AvgIpc) is 1.86. The summed E-state index contributed by atoms with van der Waals surface area (Å²) in [4.78, 5) is 16.9. The van der Waals surface area contributed by atoms with Crippen molar-refractivity contribution in [3.8, 4) is 0 Å². The zero-order chi connectivity index (χ0) is 8.91. The maximum atomic E-state index is 10.4. The van der Waals surface area contributed by atoms with Crippen molar-refractivity contribution >= 4 is 23.5 Å². The third-order valence-corrected chi connectivity index (χ3v) is 2.83. The van der Waals surface area contributed by atoms with Crippen molar-refractivity contribution < 1.29 is 19.5 Å². The maximum Gasteiger partial charge on any atom is 0.353 e. The van der Waals surface area contributed by atoms with Crippen LogP contribution in [0.3, 0.4) is 0 Å². The minimum absolute atomic E-state index is 0.163. The summed E-state index contributed by atoms with van der Waals surface area (Å²) in [7, 11) is -4.26. The van der Waals surface area contributed by atoms with Crippen LogP contribution in [0.2, 0.25) is 0 Å². The van der Waals surface area contributed by atoms with Crippen molar-refractivity contribution in [3.05, 3.63) is 0 Å². The summed E-state index contributed by atoms with van der Waals surface area (Å²) in [6.07, 6.45) is 1.60. The third kappa shape index (κ3) is 5.82. The summed E-state index contributed by atoms with van der Waals surface area (Å²) in [5.41, 5.74) is 0. The van der Waals surface area contributed by atoms with Crippen molar-refractivity contribution in [2.24, 2.45) is 0 Å². The number of hydrogen-bond acceptors (Lipinski definition) is 2. The molecule has 0 aliphatic heterocycles. The Balaban J connectivity index is 3.53. The molecule has 0 heterocycles. The molecule has 3 N–H and O–H groups in total. The fourth-order valence-corrected chi connectivity index (χ4v) is 1.51. The summed E-state index contributed by atoms with van der Waals surface area (Å²) in [5.74, 6) is -1.48. The summed E-state index contributed by atoms with van der Waals surface area (Å²) >= 11 is 3.17. The highest BCUT2D eigenvalue weighted by atomic mass is 79.9. The van der Waals surface area contributed by atoms with Crippen LogP contribution in [-0.2, 0) is 4.57 Å². The second-order valence-corrected chi connectivity index (χ2v) is 4.82. The van der Waals surface area contributed by atoms with Gasteiger partial charge in [0.15, 0.2) is 5.85 Å². The van der Waals surface area contributed by atoms with Crippen molar-refractivity contribution in [1.29, 1.82) is 0 Å². The van der Waals surface area contributed by atoms with E-state index in [4.69, 9.17) is 14.9 Å². The number of alkyl halides is 1. The van der Waals surface area contributed by atoms with Crippen LogP contribution in [0.1, 0.15) is 19.3 Å². The van der Waals surface area contributed by atoms with Crippen LogP contribution in [0, 0.1) is 0 Å². The van der Waals surface area contributed by atoms with Gasteiger partial charge in [-0.2, -0.15) is 0 Å². The van der Waals surface area contributed by atoms with E-state index in [9.17, 15) is 4.57 Å². The van der Waals surface area contributed by atoms with Gasteiger partial charge in [-0.05, 0) is 19.3 Å². The third-order valence-electron chi connectivity index (χ3n) is 1.23. The lowest BCUT2D eigenvalue weighted by atomic mass is 10.3. The molecule has 0 aromatic carbocycles. The van der Waals surface area contributed by atoms with Gasteiger partial charge < -0.3 is 14.9 Å². The van der Waals surface area contributed by atoms with E-state index < -0.39 is 13.4 Å². The minimum atomic E-state index is -4.26. The van der Waals surface area contributed by atoms with E-state index in [0.717, 1.165) is 11.8 Å². The van der Waals surface area contributed by atoms with Gasteiger partial charge in [-0.25, -0.2) is 0 Å². The van der Waals surface area contributed by atoms with Gasteiger partial charge in [0.2, 0.25) is 0 Å². The molecule has 0 aromatic heterocycles. The lowest BCUT2D eigenvalue weighted by molar-refractivity contribution is 0.191. The molecule has 4 nitrogen and oxygen atoms in total. The van der Waals surface area contributed by atoms with Gasteiger partial charge in [-0.1, -0.05) is 15.9 Å².